The summed E-state index contributed by atoms with van der Waals surface area (Å²) in [5, 5.41) is 9.56. The predicted octanol–water partition coefficient (Wildman–Crippen LogP) is -0.978. The molecule has 0 aliphatic carbocycles. The molecular weight excluding hydrogens is 410 g/mol. The van der Waals surface area contributed by atoms with E-state index in [9.17, 15) is 9.90 Å². The number of epoxide rings is 1. The third-order valence-corrected chi connectivity index (χ3v) is 5.33. The number of ether oxygens (including phenoxy) is 2. The van der Waals surface area contributed by atoms with Crippen LogP contribution in [0.4, 0.5) is 0 Å². The summed E-state index contributed by atoms with van der Waals surface area (Å²) in [6.45, 7) is -0.226. The van der Waals surface area contributed by atoms with Gasteiger partial charge in [-0.25, -0.2) is 0 Å². The summed E-state index contributed by atoms with van der Waals surface area (Å²) in [5.41, 5.74) is 0.803. The minimum Gasteiger partial charge on any atom is -0.462 e. The topological polar surface area (TPSA) is 157 Å². The van der Waals surface area contributed by atoms with E-state index < -0.39 is 5.92 Å². The summed E-state index contributed by atoms with van der Waals surface area (Å²) in [6.07, 6.45) is 2.26. The summed E-state index contributed by atoms with van der Waals surface area (Å²) in [5.74, 6) is -0.915. The van der Waals surface area contributed by atoms with Crippen molar-refractivity contribution >= 4 is 23.0 Å². The minimum absolute atomic E-state index is 0. The Balaban J connectivity index is 0.00000156. The average molecular weight is 438 g/mol. The van der Waals surface area contributed by atoms with Gasteiger partial charge >= 0.3 is 5.97 Å². The van der Waals surface area contributed by atoms with Crippen LogP contribution in [0.15, 0.2) is 30.3 Å². The quantitative estimate of drug-likeness (QED) is 0.472. The fraction of sp³-hybridized carbons (Fsp3) is 0.588. The number of hydrogen-bond acceptors (Lipinski definition) is 5. The van der Waals surface area contributed by atoms with Crippen molar-refractivity contribution in [3.05, 3.63) is 35.9 Å². The maximum absolute atomic E-state index is 12.4. The highest BCUT2D eigenvalue weighted by atomic mass is 79.9. The highest BCUT2D eigenvalue weighted by Crippen LogP contribution is 2.48. The summed E-state index contributed by atoms with van der Waals surface area (Å²) in [7, 11) is 2.13. The number of hydrogen-bond donors (Lipinski definition) is 1. The zero-order valence-corrected chi connectivity index (χ0v) is 16.2. The van der Waals surface area contributed by atoms with Gasteiger partial charge in [0.2, 0.25) is 0 Å². The van der Waals surface area contributed by atoms with E-state index in [4.69, 9.17) is 9.47 Å². The first-order chi connectivity index (χ1) is 10.7. The SMILES string of the molecule is Br.CN1[C@@H]2CC(OC(=O)[C@@H](CO)c3ccccc3)C[C@H]1[C@@H]1OC12.O.O.O. The van der Waals surface area contributed by atoms with Crippen molar-refractivity contribution < 1.29 is 35.8 Å². The van der Waals surface area contributed by atoms with Crippen molar-refractivity contribution in [3.8, 4) is 0 Å². The maximum atomic E-state index is 12.4. The molecule has 26 heavy (non-hydrogen) atoms. The van der Waals surface area contributed by atoms with Crippen molar-refractivity contribution in [2.75, 3.05) is 13.7 Å². The van der Waals surface area contributed by atoms with Crippen molar-refractivity contribution in [1.29, 1.82) is 0 Å². The number of piperidine rings is 1. The number of carbonyl (C=O) groups excluding carboxylic acids is 1. The van der Waals surface area contributed by atoms with Crippen LogP contribution in [-0.2, 0) is 14.3 Å². The second kappa shape index (κ2) is 9.75. The molecule has 3 saturated heterocycles. The lowest BCUT2D eigenvalue weighted by molar-refractivity contribution is -0.156. The van der Waals surface area contributed by atoms with Gasteiger partial charge in [-0.1, -0.05) is 30.3 Å². The fourth-order valence-electron chi connectivity index (χ4n) is 4.04. The molecule has 7 N–H and O–H groups in total. The molecular formula is C17H28BrNO7. The van der Waals surface area contributed by atoms with Crippen LogP contribution in [0, 0.1) is 0 Å². The largest absolute Gasteiger partial charge is 0.462 e. The Bertz CT molecular complexity index is 557. The summed E-state index contributed by atoms with van der Waals surface area (Å²) >= 11 is 0. The molecule has 0 radical (unpaired) electrons. The molecule has 3 aliphatic rings. The zero-order valence-electron chi connectivity index (χ0n) is 14.5. The number of aliphatic hydroxyl groups excluding tert-OH is 1. The summed E-state index contributed by atoms with van der Waals surface area (Å²) in [6, 6.07) is 10.1. The number of aliphatic hydroxyl groups is 1. The van der Waals surface area contributed by atoms with Crippen molar-refractivity contribution in [1.82, 2.24) is 4.90 Å². The van der Waals surface area contributed by atoms with Crippen LogP contribution in [0.2, 0.25) is 0 Å². The maximum Gasteiger partial charge on any atom is 0.316 e. The number of rotatable bonds is 4. The van der Waals surface area contributed by atoms with Crippen LogP contribution in [0.5, 0.6) is 0 Å². The van der Waals surface area contributed by atoms with Crippen LogP contribution in [0.3, 0.4) is 0 Å². The van der Waals surface area contributed by atoms with E-state index in [1.54, 1.807) is 0 Å². The third kappa shape index (κ3) is 4.25. The van der Waals surface area contributed by atoms with E-state index in [1.165, 1.54) is 0 Å². The van der Waals surface area contributed by atoms with E-state index in [1.807, 2.05) is 30.3 Å². The van der Waals surface area contributed by atoms with Gasteiger partial charge in [-0.3, -0.25) is 9.69 Å². The Labute approximate surface area is 162 Å². The number of fused-ring (bicyclic) bond motifs is 5. The Kier molecular flexibility index (Phi) is 9.35. The van der Waals surface area contributed by atoms with Gasteiger partial charge in [-0.15, -0.1) is 17.0 Å². The number of halogens is 1. The van der Waals surface area contributed by atoms with Gasteiger partial charge in [-0.2, -0.15) is 0 Å². The van der Waals surface area contributed by atoms with Gasteiger partial charge in [0.15, 0.2) is 0 Å². The molecule has 6 atom stereocenters. The Morgan fingerprint density at radius 1 is 1.19 bits per heavy atom. The van der Waals surface area contributed by atoms with E-state index >= 15 is 0 Å². The van der Waals surface area contributed by atoms with Gasteiger partial charge in [-0.05, 0) is 12.6 Å². The molecule has 2 unspecified atom stereocenters. The van der Waals surface area contributed by atoms with Gasteiger partial charge in [0.25, 0.3) is 0 Å². The molecule has 0 spiro atoms. The number of morpholine rings is 1. The highest BCUT2D eigenvalue weighted by molar-refractivity contribution is 8.93. The standard InChI is InChI=1S/C17H21NO4.BrH.3H2O/c1-18-13-7-11(8-14(18)16-15(13)22-16)21-17(20)12(9-19)10-5-3-2-4-6-10;;;;/h2-6,11-16,19H,7-9H2,1H3;1H;3*1H2/t11?,12-,13-,14+,15-,16?;;;;/m0..../s1. The number of likely N-dealkylation sites (N-methyl/N-ethyl adjacent to an activating group) is 1. The molecule has 150 valence electrons. The van der Waals surface area contributed by atoms with Crippen LogP contribution < -0.4 is 0 Å². The van der Waals surface area contributed by atoms with Gasteiger partial charge in [0.05, 0.1) is 6.61 Å². The van der Waals surface area contributed by atoms with Crippen molar-refractivity contribution in [2.24, 2.45) is 0 Å². The Morgan fingerprint density at radius 2 is 1.73 bits per heavy atom. The number of benzene rings is 1. The molecule has 1 aromatic rings. The number of carbonyl (C=O) groups is 1. The van der Waals surface area contributed by atoms with Crippen molar-refractivity contribution in [3.63, 3.8) is 0 Å². The zero-order chi connectivity index (χ0) is 15.3. The molecule has 0 amide bonds. The first-order valence-corrected chi connectivity index (χ1v) is 7.92. The fourth-order valence-corrected chi connectivity index (χ4v) is 4.04. The minimum atomic E-state index is -0.593. The number of nitrogens with zero attached hydrogens (tertiary/aromatic N) is 1. The lowest BCUT2D eigenvalue weighted by Gasteiger charge is -2.38. The molecule has 4 rings (SSSR count). The lowest BCUT2D eigenvalue weighted by Crippen LogP contribution is -2.48. The highest BCUT2D eigenvalue weighted by Gasteiger charge is 2.62. The lowest BCUT2D eigenvalue weighted by atomic mass is 9.97. The van der Waals surface area contributed by atoms with E-state index in [2.05, 4.69) is 11.9 Å². The molecule has 2 bridgehead atoms. The van der Waals surface area contributed by atoms with Crippen LogP contribution in [0.25, 0.3) is 0 Å². The molecule has 3 heterocycles. The first kappa shape index (κ1) is 24.9. The Morgan fingerprint density at radius 3 is 2.23 bits per heavy atom. The Hall–Kier alpha value is -1.07. The molecule has 9 heteroatoms. The first-order valence-electron chi connectivity index (χ1n) is 7.92. The van der Waals surface area contributed by atoms with Gasteiger partial charge in [0, 0.05) is 24.9 Å². The van der Waals surface area contributed by atoms with E-state index in [0.29, 0.717) is 24.3 Å². The molecule has 0 saturated carbocycles. The third-order valence-electron chi connectivity index (χ3n) is 5.33. The normalized spacial score (nSPS) is 31.7. The second-order valence-electron chi connectivity index (χ2n) is 6.54. The molecule has 3 fully saturated rings. The second-order valence-corrected chi connectivity index (χ2v) is 6.54. The molecule has 3 aliphatic heterocycles. The molecule has 0 aromatic heterocycles. The summed E-state index contributed by atoms with van der Waals surface area (Å²) < 4.78 is 11.4. The van der Waals surface area contributed by atoms with Gasteiger partial charge < -0.3 is 31.0 Å². The van der Waals surface area contributed by atoms with Crippen LogP contribution in [-0.4, -0.2) is 76.5 Å². The average Bonchev–Trinajstić information content (AvgIpc) is 3.27. The molecule has 8 nitrogen and oxygen atoms in total. The summed E-state index contributed by atoms with van der Waals surface area (Å²) in [4.78, 5) is 14.8. The van der Waals surface area contributed by atoms with E-state index in [0.717, 1.165) is 18.4 Å². The van der Waals surface area contributed by atoms with E-state index in [-0.39, 0.29) is 52.1 Å². The van der Waals surface area contributed by atoms with Crippen LogP contribution in [0.1, 0.15) is 24.3 Å². The smallest absolute Gasteiger partial charge is 0.316 e. The predicted molar refractivity (Wildman–Crippen MR) is 101 cm³/mol. The molecule has 1 aromatic carbocycles. The van der Waals surface area contributed by atoms with Gasteiger partial charge in [0.1, 0.15) is 24.2 Å². The van der Waals surface area contributed by atoms with Crippen molar-refractivity contribution in [2.45, 2.75) is 49.2 Å². The number of esters is 1. The van der Waals surface area contributed by atoms with Crippen LogP contribution >= 0.6 is 17.0 Å². The monoisotopic (exact) mass is 437 g/mol.